The maximum Gasteiger partial charge on any atom is 0.326 e. The third-order valence-electron chi connectivity index (χ3n) is 8.58. The van der Waals surface area contributed by atoms with E-state index in [1.165, 1.54) is 0 Å². The van der Waals surface area contributed by atoms with Crippen LogP contribution in [-0.2, 0) is 28.8 Å². The zero-order valence-corrected chi connectivity index (χ0v) is 34.9. The summed E-state index contributed by atoms with van der Waals surface area (Å²) in [6, 6.07) is -6.88. The van der Waals surface area contributed by atoms with Crippen LogP contribution in [0.15, 0.2) is 0 Å². The topological polar surface area (TPSA) is 395 Å². The van der Waals surface area contributed by atoms with E-state index in [-0.39, 0.29) is 107 Å². The van der Waals surface area contributed by atoms with E-state index in [4.69, 9.17) is 39.2 Å². The number of rotatable bonds is 29. The molecule has 0 bridgehead atoms. The van der Waals surface area contributed by atoms with Crippen LogP contribution >= 0.6 is 0 Å². The van der Waals surface area contributed by atoms with Crippen molar-refractivity contribution in [3.05, 3.63) is 0 Å². The Morgan fingerprint density at radius 1 is 0.466 bits per heavy atom. The fourth-order valence-corrected chi connectivity index (χ4v) is 5.77. The summed E-state index contributed by atoms with van der Waals surface area (Å²) in [5.41, 5.74) is 22.1. The molecule has 0 fully saturated rings. The zero-order valence-electron chi connectivity index (χ0n) is 34.9. The van der Waals surface area contributed by atoms with Crippen LogP contribution in [0.25, 0.3) is 0 Å². The molecule has 22 heteroatoms. The van der Waals surface area contributed by atoms with Gasteiger partial charge in [-0.05, 0) is 75.5 Å². The first-order valence-corrected chi connectivity index (χ1v) is 19.8. The minimum Gasteiger partial charge on any atom is -0.480 e. The van der Waals surface area contributed by atoms with Crippen molar-refractivity contribution < 1.29 is 33.9 Å². The Balaban J connectivity index is 6.42. The van der Waals surface area contributed by atoms with Gasteiger partial charge in [-0.25, -0.2) is 4.79 Å². The number of hydrogen-bond acceptors (Lipinski definition) is 10. The molecule has 0 unspecified atom stereocenters. The average Bonchev–Trinajstić information content (AvgIpc) is 3.09. The molecule has 6 atom stereocenters. The smallest absolute Gasteiger partial charge is 0.326 e. The number of carbonyl (C=O) groups excluding carboxylic acids is 5. The van der Waals surface area contributed by atoms with E-state index >= 15 is 0 Å². The molecule has 0 radical (unpaired) electrons. The summed E-state index contributed by atoms with van der Waals surface area (Å²) in [5, 5.41) is 53.0. The quantitative estimate of drug-likeness (QED) is 0.0215. The molecule has 0 aliphatic heterocycles. The van der Waals surface area contributed by atoms with Crippen molar-refractivity contribution in [2.75, 3.05) is 19.6 Å². The molecule has 0 saturated carbocycles. The molecular formula is C36H71N15O7. The van der Waals surface area contributed by atoms with Crippen molar-refractivity contribution in [3.63, 3.8) is 0 Å². The van der Waals surface area contributed by atoms with E-state index in [0.717, 1.165) is 0 Å². The third kappa shape index (κ3) is 24.3. The Morgan fingerprint density at radius 3 is 1.05 bits per heavy atom. The number of guanidine groups is 3. The van der Waals surface area contributed by atoms with Gasteiger partial charge >= 0.3 is 5.97 Å². The van der Waals surface area contributed by atoms with Gasteiger partial charge in [-0.1, -0.05) is 41.5 Å². The first kappa shape index (κ1) is 52.6. The van der Waals surface area contributed by atoms with E-state index in [1.807, 2.05) is 41.5 Å². The lowest BCUT2D eigenvalue weighted by Crippen LogP contribution is -2.59. The average molecular weight is 826 g/mol. The van der Waals surface area contributed by atoms with E-state index in [9.17, 15) is 33.9 Å². The summed E-state index contributed by atoms with van der Waals surface area (Å²) in [5.74, 6) is -5.61. The second-order valence-electron chi connectivity index (χ2n) is 15.6. The molecule has 0 heterocycles. The molecule has 0 aliphatic rings. The van der Waals surface area contributed by atoms with E-state index < -0.39 is 71.8 Å². The molecule has 0 spiro atoms. The number of nitrogens with two attached hydrogens (primary N) is 4. The lowest BCUT2D eigenvalue weighted by Gasteiger charge is -2.28. The van der Waals surface area contributed by atoms with Crippen LogP contribution in [0.5, 0.6) is 0 Å². The van der Waals surface area contributed by atoms with E-state index in [1.54, 1.807) is 0 Å². The second-order valence-corrected chi connectivity index (χ2v) is 15.6. The van der Waals surface area contributed by atoms with Crippen LogP contribution < -0.4 is 65.5 Å². The molecule has 0 aromatic carbocycles. The number of hydrogen-bond donors (Lipinski definition) is 16. The second kappa shape index (κ2) is 28.1. The lowest BCUT2D eigenvalue weighted by molar-refractivity contribution is -0.142. The summed E-state index contributed by atoms with van der Waals surface area (Å²) >= 11 is 0. The fourth-order valence-electron chi connectivity index (χ4n) is 5.77. The number of carbonyl (C=O) groups is 6. The number of carboxylic acid groups (broad SMARTS) is 1. The van der Waals surface area contributed by atoms with Gasteiger partial charge in [0.15, 0.2) is 17.9 Å². The van der Waals surface area contributed by atoms with Crippen molar-refractivity contribution in [1.29, 1.82) is 16.2 Å². The fraction of sp³-hybridized carbons (Fsp3) is 0.750. The predicted molar refractivity (Wildman–Crippen MR) is 221 cm³/mol. The molecule has 20 N–H and O–H groups in total. The molecule has 22 nitrogen and oxygen atoms in total. The first-order chi connectivity index (χ1) is 27.0. The number of nitrogens with one attached hydrogen (secondary N) is 11. The van der Waals surface area contributed by atoms with Crippen LogP contribution in [0.1, 0.15) is 99.3 Å². The Bertz CT molecular complexity index is 1380. The van der Waals surface area contributed by atoms with Gasteiger partial charge in [-0.2, -0.15) is 0 Å². The van der Waals surface area contributed by atoms with Crippen molar-refractivity contribution in [2.24, 2.45) is 40.7 Å². The van der Waals surface area contributed by atoms with Gasteiger partial charge in [0, 0.05) is 19.6 Å². The molecule has 58 heavy (non-hydrogen) atoms. The van der Waals surface area contributed by atoms with Gasteiger partial charge in [-0.3, -0.25) is 40.2 Å². The highest BCUT2D eigenvalue weighted by atomic mass is 16.4. The summed E-state index contributed by atoms with van der Waals surface area (Å²) < 4.78 is 0. The highest BCUT2D eigenvalue weighted by molar-refractivity contribution is 5.96. The Labute approximate surface area is 341 Å². The van der Waals surface area contributed by atoms with Gasteiger partial charge in [0.1, 0.15) is 30.2 Å². The van der Waals surface area contributed by atoms with Crippen molar-refractivity contribution in [1.82, 2.24) is 42.5 Å². The SMILES string of the molecule is CC(C)C[C@H](NC(=O)[C@H](CC(C)C)NC(=O)[C@@H](N)CC(C)C)C(=O)N[C@@H](CCCNC(=N)N)C(=O)N[C@@H](CCCNC(=N)N)C(=O)N[C@@H](CCCNC(=N)N)C(=O)O. The van der Waals surface area contributed by atoms with E-state index in [0.29, 0.717) is 6.42 Å². The molecule has 0 aromatic rings. The van der Waals surface area contributed by atoms with Crippen LogP contribution in [0, 0.1) is 34.0 Å². The normalized spacial score (nSPS) is 14.2. The molecule has 0 aromatic heterocycles. The highest BCUT2D eigenvalue weighted by Crippen LogP contribution is 2.12. The minimum atomic E-state index is -1.35. The van der Waals surface area contributed by atoms with Gasteiger partial charge < -0.3 is 70.6 Å². The van der Waals surface area contributed by atoms with E-state index in [2.05, 4.69) is 42.5 Å². The Hall–Kier alpha value is -5.41. The molecule has 0 rings (SSSR count). The third-order valence-corrected chi connectivity index (χ3v) is 8.58. The maximum atomic E-state index is 14.0. The molecule has 332 valence electrons. The Morgan fingerprint density at radius 2 is 0.741 bits per heavy atom. The Kier molecular flexibility index (Phi) is 25.4. The van der Waals surface area contributed by atoms with Crippen LogP contribution in [0.4, 0.5) is 0 Å². The number of carboxylic acids is 1. The summed E-state index contributed by atoms with van der Waals surface area (Å²) in [6.07, 6.45) is 1.49. The molecule has 0 saturated heterocycles. The highest BCUT2D eigenvalue weighted by Gasteiger charge is 2.33. The monoisotopic (exact) mass is 826 g/mol. The van der Waals surface area contributed by atoms with Gasteiger partial charge in [0.05, 0.1) is 6.04 Å². The lowest BCUT2D eigenvalue weighted by atomic mass is 9.98. The molecule has 5 amide bonds. The largest absolute Gasteiger partial charge is 0.480 e. The number of amides is 5. The van der Waals surface area contributed by atoms with Crippen molar-refractivity contribution in [2.45, 2.75) is 136 Å². The zero-order chi connectivity index (χ0) is 44.5. The molecular weight excluding hydrogens is 754 g/mol. The maximum absolute atomic E-state index is 14.0. The minimum absolute atomic E-state index is 0.00109. The van der Waals surface area contributed by atoms with Crippen LogP contribution in [0.3, 0.4) is 0 Å². The summed E-state index contributed by atoms with van der Waals surface area (Å²) in [6.45, 7) is 11.8. The summed E-state index contributed by atoms with van der Waals surface area (Å²) in [4.78, 5) is 80.1. The standard InChI is InChI=1S/C36H71N15O7/c1-19(2)16-22(37)28(52)50-26(17-20(3)4)32(56)51-27(18-21(5)6)31(55)48-23(10-7-13-44-34(38)39)29(53)47-24(11-8-14-45-35(40)41)30(54)49-25(33(57)58)12-9-15-46-36(42)43/h19-27H,7-18,37H2,1-6H3,(H,47,53)(H,48,55)(H,49,54)(H,50,52)(H,51,56)(H,57,58)(H4,38,39,44)(H4,40,41,45)(H4,42,43,46)/t22-,23-,24-,25-,26-,27-/m0/s1. The first-order valence-electron chi connectivity index (χ1n) is 19.8. The predicted octanol–water partition coefficient (Wildman–Crippen LogP) is -2.25. The molecule has 0 aliphatic carbocycles. The van der Waals surface area contributed by atoms with Crippen LogP contribution in [0.2, 0.25) is 0 Å². The van der Waals surface area contributed by atoms with Gasteiger partial charge in [-0.15, -0.1) is 0 Å². The van der Waals surface area contributed by atoms with Gasteiger partial charge in [0.25, 0.3) is 0 Å². The van der Waals surface area contributed by atoms with Crippen molar-refractivity contribution in [3.8, 4) is 0 Å². The van der Waals surface area contributed by atoms with Crippen molar-refractivity contribution >= 4 is 53.4 Å². The number of aliphatic carboxylic acids is 1. The van der Waals surface area contributed by atoms with Gasteiger partial charge in [0.2, 0.25) is 29.5 Å². The summed E-state index contributed by atoms with van der Waals surface area (Å²) in [7, 11) is 0. The van der Waals surface area contributed by atoms with Crippen LogP contribution in [-0.4, -0.2) is 114 Å².